The van der Waals surface area contributed by atoms with Gasteiger partial charge < -0.3 is 15.8 Å². The first kappa shape index (κ1) is 14.2. The average Bonchev–Trinajstić information content (AvgIpc) is 2.21. The maximum Gasteiger partial charge on any atom is 0.411 e. The number of hydrogen-bond donors (Lipinski definition) is 2. The Labute approximate surface area is 99.7 Å². The van der Waals surface area contributed by atoms with E-state index in [0.29, 0.717) is 0 Å². The maximum absolute atomic E-state index is 12.8. The van der Waals surface area contributed by atoms with E-state index in [1.807, 2.05) is 0 Å². The van der Waals surface area contributed by atoms with E-state index in [4.69, 9.17) is 5.73 Å². The fraction of sp³-hybridized carbons (Fsp3) is 0.300. The molecule has 0 aliphatic heterocycles. The summed E-state index contributed by atoms with van der Waals surface area (Å²) in [4.78, 5) is 11.2. The first-order valence-corrected chi connectivity index (χ1v) is 4.77. The van der Waals surface area contributed by atoms with Crippen molar-refractivity contribution in [2.75, 3.05) is 24.3 Å². The number of carbonyl (C=O) groups excluding carboxylic acids is 1. The van der Waals surface area contributed by atoms with Crippen LogP contribution in [0, 0.1) is 5.82 Å². The van der Waals surface area contributed by atoms with Crippen molar-refractivity contribution in [3.05, 3.63) is 24.0 Å². The second-order valence-electron chi connectivity index (χ2n) is 3.39. The number of anilines is 2. The van der Waals surface area contributed by atoms with Crippen LogP contribution in [0.3, 0.4) is 0 Å². The van der Waals surface area contributed by atoms with E-state index in [9.17, 15) is 22.4 Å². The van der Waals surface area contributed by atoms with E-state index < -0.39 is 31.1 Å². The summed E-state index contributed by atoms with van der Waals surface area (Å²) in [5.41, 5.74) is 5.51. The number of carbonyl (C=O) groups is 1. The second kappa shape index (κ2) is 5.67. The Kier molecular flexibility index (Phi) is 4.49. The van der Waals surface area contributed by atoms with E-state index in [1.165, 1.54) is 6.07 Å². The Morgan fingerprint density at radius 3 is 2.67 bits per heavy atom. The van der Waals surface area contributed by atoms with E-state index in [1.54, 1.807) is 0 Å². The molecule has 1 amide bonds. The van der Waals surface area contributed by atoms with Crippen LogP contribution in [0.15, 0.2) is 18.2 Å². The summed E-state index contributed by atoms with van der Waals surface area (Å²) in [6.45, 7) is -2.32. The molecule has 100 valence electrons. The SMILES string of the molecule is Nc1ccc(F)cc1NC(=O)COCC(F)(F)F. The van der Waals surface area contributed by atoms with Crippen LogP contribution in [0.2, 0.25) is 0 Å². The zero-order chi connectivity index (χ0) is 13.8. The molecule has 0 unspecified atom stereocenters. The molecule has 0 radical (unpaired) electrons. The van der Waals surface area contributed by atoms with Gasteiger partial charge in [-0.05, 0) is 18.2 Å². The lowest BCUT2D eigenvalue weighted by Crippen LogP contribution is -2.24. The van der Waals surface area contributed by atoms with Crippen LogP contribution in [0.4, 0.5) is 28.9 Å². The summed E-state index contributed by atoms with van der Waals surface area (Å²) >= 11 is 0. The normalized spacial score (nSPS) is 11.3. The highest BCUT2D eigenvalue weighted by molar-refractivity contribution is 5.94. The molecule has 0 aliphatic carbocycles. The molecule has 0 spiro atoms. The predicted molar refractivity (Wildman–Crippen MR) is 56.3 cm³/mol. The summed E-state index contributed by atoms with van der Waals surface area (Å²) < 4.78 is 52.1. The molecule has 1 rings (SSSR count). The van der Waals surface area contributed by atoms with Crippen LogP contribution in [-0.4, -0.2) is 25.3 Å². The Balaban J connectivity index is 2.47. The molecule has 0 bridgehead atoms. The smallest absolute Gasteiger partial charge is 0.397 e. The van der Waals surface area contributed by atoms with Crippen molar-refractivity contribution in [1.29, 1.82) is 0 Å². The van der Waals surface area contributed by atoms with E-state index >= 15 is 0 Å². The number of nitrogen functional groups attached to an aromatic ring is 1. The van der Waals surface area contributed by atoms with Gasteiger partial charge in [-0.15, -0.1) is 0 Å². The van der Waals surface area contributed by atoms with Gasteiger partial charge in [0, 0.05) is 0 Å². The third-order valence-electron chi connectivity index (χ3n) is 1.79. The van der Waals surface area contributed by atoms with Crippen molar-refractivity contribution in [2.24, 2.45) is 0 Å². The molecule has 0 fully saturated rings. The van der Waals surface area contributed by atoms with Crippen LogP contribution in [0.25, 0.3) is 0 Å². The first-order chi connectivity index (χ1) is 8.28. The number of nitrogens with one attached hydrogen (secondary N) is 1. The van der Waals surface area contributed by atoms with Gasteiger partial charge in [-0.1, -0.05) is 0 Å². The lowest BCUT2D eigenvalue weighted by molar-refractivity contribution is -0.174. The highest BCUT2D eigenvalue weighted by atomic mass is 19.4. The standard InChI is InChI=1S/C10H10F4N2O2/c11-6-1-2-7(15)8(3-6)16-9(17)4-18-5-10(12,13)14/h1-3H,4-5,15H2,(H,16,17). The molecular weight excluding hydrogens is 256 g/mol. The molecule has 8 heteroatoms. The third-order valence-corrected chi connectivity index (χ3v) is 1.79. The molecular formula is C10H10F4N2O2. The van der Waals surface area contributed by atoms with Gasteiger partial charge in [0.25, 0.3) is 0 Å². The number of halogens is 4. The van der Waals surface area contributed by atoms with Crippen LogP contribution in [0.1, 0.15) is 0 Å². The lowest BCUT2D eigenvalue weighted by Gasteiger charge is -2.09. The molecule has 0 saturated heterocycles. The molecule has 4 nitrogen and oxygen atoms in total. The van der Waals surface area contributed by atoms with Crippen molar-refractivity contribution >= 4 is 17.3 Å². The largest absolute Gasteiger partial charge is 0.411 e. The van der Waals surface area contributed by atoms with Gasteiger partial charge in [0.15, 0.2) is 0 Å². The number of hydrogen-bond acceptors (Lipinski definition) is 3. The average molecular weight is 266 g/mol. The monoisotopic (exact) mass is 266 g/mol. The van der Waals surface area contributed by atoms with Gasteiger partial charge in [0.2, 0.25) is 5.91 Å². The van der Waals surface area contributed by atoms with Gasteiger partial charge in [0.1, 0.15) is 19.0 Å². The minimum absolute atomic E-state index is 0.0180. The van der Waals surface area contributed by atoms with Crippen LogP contribution < -0.4 is 11.1 Å². The number of alkyl halides is 3. The molecule has 0 aromatic heterocycles. The third kappa shape index (κ3) is 5.00. The van der Waals surface area contributed by atoms with E-state index in [-0.39, 0.29) is 11.4 Å². The zero-order valence-corrected chi connectivity index (χ0v) is 9.05. The van der Waals surface area contributed by atoms with Gasteiger partial charge in [-0.3, -0.25) is 4.79 Å². The van der Waals surface area contributed by atoms with Crippen molar-refractivity contribution < 1.29 is 27.1 Å². The minimum Gasteiger partial charge on any atom is -0.397 e. The quantitative estimate of drug-likeness (QED) is 0.646. The Morgan fingerprint density at radius 2 is 2.06 bits per heavy atom. The van der Waals surface area contributed by atoms with Gasteiger partial charge >= 0.3 is 6.18 Å². The number of benzene rings is 1. The number of nitrogens with two attached hydrogens (primary N) is 1. The van der Waals surface area contributed by atoms with E-state index in [2.05, 4.69) is 10.1 Å². The Bertz CT molecular complexity index is 434. The minimum atomic E-state index is -4.50. The second-order valence-corrected chi connectivity index (χ2v) is 3.39. The molecule has 1 aromatic rings. The molecule has 18 heavy (non-hydrogen) atoms. The molecule has 0 atom stereocenters. The molecule has 0 heterocycles. The fourth-order valence-electron chi connectivity index (χ4n) is 1.08. The maximum atomic E-state index is 12.8. The van der Waals surface area contributed by atoms with Crippen molar-refractivity contribution in [3.63, 3.8) is 0 Å². The summed E-state index contributed by atoms with van der Waals surface area (Å²) in [7, 11) is 0. The summed E-state index contributed by atoms with van der Waals surface area (Å²) in [5.74, 6) is -1.48. The molecule has 3 N–H and O–H groups in total. The summed E-state index contributed by atoms with van der Waals surface area (Å²) in [6.07, 6.45) is -4.50. The van der Waals surface area contributed by atoms with E-state index in [0.717, 1.165) is 12.1 Å². The topological polar surface area (TPSA) is 64.3 Å². The summed E-state index contributed by atoms with van der Waals surface area (Å²) in [6, 6.07) is 3.27. The Hall–Kier alpha value is -1.83. The van der Waals surface area contributed by atoms with Gasteiger partial charge in [0.05, 0.1) is 11.4 Å². The highest BCUT2D eigenvalue weighted by Crippen LogP contribution is 2.19. The first-order valence-electron chi connectivity index (χ1n) is 4.77. The molecule has 0 saturated carbocycles. The molecule has 1 aromatic carbocycles. The fourth-order valence-corrected chi connectivity index (χ4v) is 1.08. The lowest BCUT2D eigenvalue weighted by atomic mass is 10.2. The van der Waals surface area contributed by atoms with Crippen LogP contribution >= 0.6 is 0 Å². The van der Waals surface area contributed by atoms with Gasteiger partial charge in [-0.2, -0.15) is 13.2 Å². The van der Waals surface area contributed by atoms with Crippen molar-refractivity contribution in [2.45, 2.75) is 6.18 Å². The highest BCUT2D eigenvalue weighted by Gasteiger charge is 2.27. The Morgan fingerprint density at radius 1 is 1.39 bits per heavy atom. The van der Waals surface area contributed by atoms with Crippen molar-refractivity contribution in [1.82, 2.24) is 0 Å². The number of rotatable bonds is 4. The zero-order valence-electron chi connectivity index (χ0n) is 9.05. The predicted octanol–water partition coefficient (Wildman–Crippen LogP) is 1.93. The number of amides is 1. The summed E-state index contributed by atoms with van der Waals surface area (Å²) in [5, 5.41) is 2.14. The van der Waals surface area contributed by atoms with Crippen molar-refractivity contribution in [3.8, 4) is 0 Å². The van der Waals surface area contributed by atoms with Gasteiger partial charge in [-0.25, -0.2) is 4.39 Å². The van der Waals surface area contributed by atoms with Crippen LogP contribution in [-0.2, 0) is 9.53 Å². The number of ether oxygens (including phenoxy) is 1. The van der Waals surface area contributed by atoms with Crippen LogP contribution in [0.5, 0.6) is 0 Å². The molecule has 0 aliphatic rings.